The summed E-state index contributed by atoms with van der Waals surface area (Å²) < 4.78 is 1.78. The third-order valence-electron chi connectivity index (χ3n) is 3.09. The number of ketones is 1. The van der Waals surface area contributed by atoms with E-state index in [0.717, 1.165) is 11.2 Å². The number of carboxylic acids is 1. The summed E-state index contributed by atoms with van der Waals surface area (Å²) in [5.41, 5.74) is 1.79. The van der Waals surface area contributed by atoms with Crippen molar-refractivity contribution < 1.29 is 14.7 Å². The van der Waals surface area contributed by atoms with Crippen LogP contribution in [0.3, 0.4) is 0 Å². The highest BCUT2D eigenvalue weighted by atomic mass is 16.4. The van der Waals surface area contributed by atoms with Gasteiger partial charge < -0.3 is 9.67 Å². The number of para-hydroxylation sites is 1. The lowest BCUT2D eigenvalue weighted by atomic mass is 10.1. The molecule has 5 nitrogen and oxygen atoms in total. The minimum Gasteiger partial charge on any atom is -0.475 e. The van der Waals surface area contributed by atoms with Crippen LogP contribution in [0.25, 0.3) is 16.6 Å². The van der Waals surface area contributed by atoms with Crippen LogP contribution in [0.1, 0.15) is 10.4 Å². The molecule has 0 amide bonds. The van der Waals surface area contributed by atoms with Gasteiger partial charge in [-0.3, -0.25) is 9.78 Å². The average molecular weight is 266 g/mol. The Kier molecular flexibility index (Phi) is 2.80. The third-order valence-corrected chi connectivity index (χ3v) is 3.09. The second-order valence-electron chi connectivity index (χ2n) is 4.27. The fourth-order valence-electron chi connectivity index (χ4n) is 2.19. The smallest absolute Gasteiger partial charge is 0.377 e. The maximum Gasteiger partial charge on any atom is 0.377 e. The number of hydrogen-bond acceptors (Lipinski definition) is 3. The van der Waals surface area contributed by atoms with Crippen LogP contribution in [-0.4, -0.2) is 26.4 Å². The van der Waals surface area contributed by atoms with E-state index in [9.17, 15) is 9.59 Å². The summed E-state index contributed by atoms with van der Waals surface area (Å²) in [5, 5.41) is 9.53. The van der Waals surface area contributed by atoms with Gasteiger partial charge in [0, 0.05) is 29.7 Å². The van der Waals surface area contributed by atoms with Crippen molar-refractivity contribution in [2.75, 3.05) is 0 Å². The van der Waals surface area contributed by atoms with Crippen LogP contribution in [0.15, 0.2) is 55.0 Å². The third kappa shape index (κ3) is 1.85. The van der Waals surface area contributed by atoms with E-state index in [4.69, 9.17) is 5.11 Å². The number of pyridine rings is 1. The number of fused-ring (bicyclic) bond motifs is 1. The van der Waals surface area contributed by atoms with E-state index in [2.05, 4.69) is 4.98 Å². The molecule has 20 heavy (non-hydrogen) atoms. The van der Waals surface area contributed by atoms with Crippen molar-refractivity contribution in [2.24, 2.45) is 0 Å². The highest BCUT2D eigenvalue weighted by Crippen LogP contribution is 2.25. The Bertz CT molecular complexity index is 806. The summed E-state index contributed by atoms with van der Waals surface area (Å²) in [6.45, 7) is 0. The van der Waals surface area contributed by atoms with E-state index in [-0.39, 0.29) is 5.56 Å². The average Bonchev–Trinajstić information content (AvgIpc) is 2.87. The lowest BCUT2D eigenvalue weighted by Gasteiger charge is -2.03. The minimum atomic E-state index is -1.46. The SMILES string of the molecule is O=C(O)C(=O)c1cn(-c2ccncc2)c2ccccc12. The molecule has 3 aromatic rings. The van der Waals surface area contributed by atoms with Crippen molar-refractivity contribution in [3.8, 4) is 5.69 Å². The number of carbonyl (C=O) groups excluding carboxylic acids is 1. The summed E-state index contributed by atoms with van der Waals surface area (Å²) in [6, 6.07) is 10.8. The van der Waals surface area contributed by atoms with Crippen molar-refractivity contribution in [3.63, 3.8) is 0 Å². The van der Waals surface area contributed by atoms with E-state index < -0.39 is 11.8 Å². The maximum atomic E-state index is 11.8. The Hall–Kier alpha value is -2.95. The summed E-state index contributed by atoms with van der Waals surface area (Å²) in [7, 11) is 0. The molecule has 1 N–H and O–H groups in total. The summed E-state index contributed by atoms with van der Waals surface area (Å²) in [5.74, 6) is -2.36. The summed E-state index contributed by atoms with van der Waals surface area (Å²) in [6.07, 6.45) is 4.84. The van der Waals surface area contributed by atoms with Crippen LogP contribution in [0.2, 0.25) is 0 Å². The molecule has 0 unspecified atom stereocenters. The second kappa shape index (κ2) is 4.62. The van der Waals surface area contributed by atoms with Crippen LogP contribution < -0.4 is 0 Å². The van der Waals surface area contributed by atoms with Crippen molar-refractivity contribution in [2.45, 2.75) is 0 Å². The first-order valence-corrected chi connectivity index (χ1v) is 5.96. The Morgan fingerprint density at radius 1 is 1.05 bits per heavy atom. The van der Waals surface area contributed by atoms with Gasteiger partial charge in [0.2, 0.25) is 0 Å². The van der Waals surface area contributed by atoms with Crippen LogP contribution in [0.5, 0.6) is 0 Å². The number of aliphatic carboxylic acids is 1. The van der Waals surface area contributed by atoms with Gasteiger partial charge in [0.1, 0.15) is 0 Å². The first kappa shape index (κ1) is 12.1. The topological polar surface area (TPSA) is 72.2 Å². The lowest BCUT2D eigenvalue weighted by Crippen LogP contribution is -2.12. The van der Waals surface area contributed by atoms with Gasteiger partial charge in [-0.2, -0.15) is 0 Å². The molecule has 5 heteroatoms. The number of carboxylic acid groups (broad SMARTS) is 1. The predicted octanol–water partition coefficient (Wildman–Crippen LogP) is 2.29. The van der Waals surface area contributed by atoms with Crippen molar-refractivity contribution in [3.05, 3.63) is 60.6 Å². The summed E-state index contributed by atoms with van der Waals surface area (Å²) in [4.78, 5) is 26.6. The number of nitrogens with zero attached hydrogens (tertiary/aromatic N) is 2. The molecule has 0 fully saturated rings. The molecule has 0 bridgehead atoms. The zero-order valence-electron chi connectivity index (χ0n) is 10.4. The number of aromatic nitrogens is 2. The fourth-order valence-corrected chi connectivity index (χ4v) is 2.19. The van der Waals surface area contributed by atoms with Crippen LogP contribution in [-0.2, 0) is 4.79 Å². The van der Waals surface area contributed by atoms with Crippen LogP contribution in [0, 0.1) is 0 Å². The van der Waals surface area contributed by atoms with Crippen LogP contribution in [0.4, 0.5) is 0 Å². The number of hydrogen-bond donors (Lipinski definition) is 1. The summed E-state index contributed by atoms with van der Waals surface area (Å²) >= 11 is 0. The molecule has 98 valence electrons. The Morgan fingerprint density at radius 2 is 1.75 bits per heavy atom. The molecule has 2 heterocycles. The highest BCUT2D eigenvalue weighted by molar-refractivity contribution is 6.42. The zero-order chi connectivity index (χ0) is 14.1. The van der Waals surface area contributed by atoms with E-state index >= 15 is 0 Å². The standard InChI is InChI=1S/C15H10N2O3/c18-14(15(19)20)12-9-17(10-5-7-16-8-6-10)13-4-2-1-3-11(12)13/h1-9H,(H,19,20). The molecule has 1 aromatic carbocycles. The Labute approximate surface area is 114 Å². The van der Waals surface area contributed by atoms with Crippen molar-refractivity contribution in [1.29, 1.82) is 0 Å². The van der Waals surface area contributed by atoms with Gasteiger partial charge in [0.15, 0.2) is 0 Å². The van der Waals surface area contributed by atoms with E-state index in [1.165, 1.54) is 0 Å². The molecule has 0 spiro atoms. The monoisotopic (exact) mass is 266 g/mol. The molecule has 0 radical (unpaired) electrons. The second-order valence-corrected chi connectivity index (χ2v) is 4.27. The molecule has 2 aromatic heterocycles. The van der Waals surface area contributed by atoms with Gasteiger partial charge in [-0.15, -0.1) is 0 Å². The van der Waals surface area contributed by atoms with E-state index in [0.29, 0.717) is 5.39 Å². The quantitative estimate of drug-likeness (QED) is 0.583. The van der Waals surface area contributed by atoms with Gasteiger partial charge in [-0.05, 0) is 18.2 Å². The first-order valence-electron chi connectivity index (χ1n) is 5.96. The number of carbonyl (C=O) groups is 2. The van der Waals surface area contributed by atoms with Gasteiger partial charge in [0.05, 0.1) is 11.1 Å². The Balaban J connectivity index is 2.30. The molecule has 0 saturated carbocycles. The molecular weight excluding hydrogens is 256 g/mol. The number of Topliss-reactive ketones (excluding diaryl/α,β-unsaturated/α-hetero) is 1. The predicted molar refractivity (Wildman–Crippen MR) is 73.0 cm³/mol. The molecular formula is C15H10N2O3. The molecule has 0 aliphatic heterocycles. The number of rotatable bonds is 3. The van der Waals surface area contributed by atoms with Crippen molar-refractivity contribution >= 4 is 22.7 Å². The molecule has 0 aliphatic rings. The number of benzene rings is 1. The normalized spacial score (nSPS) is 10.6. The van der Waals surface area contributed by atoms with Gasteiger partial charge in [0.25, 0.3) is 5.78 Å². The largest absolute Gasteiger partial charge is 0.475 e. The van der Waals surface area contributed by atoms with Gasteiger partial charge in [-0.1, -0.05) is 18.2 Å². The molecule has 0 atom stereocenters. The minimum absolute atomic E-state index is 0.185. The molecule has 0 saturated heterocycles. The first-order chi connectivity index (χ1) is 9.68. The van der Waals surface area contributed by atoms with E-state index in [1.54, 1.807) is 47.4 Å². The van der Waals surface area contributed by atoms with Gasteiger partial charge >= 0.3 is 5.97 Å². The van der Waals surface area contributed by atoms with Crippen LogP contribution >= 0.6 is 0 Å². The molecule has 0 aliphatic carbocycles. The highest BCUT2D eigenvalue weighted by Gasteiger charge is 2.20. The Morgan fingerprint density at radius 3 is 2.45 bits per heavy atom. The zero-order valence-corrected chi connectivity index (χ0v) is 10.4. The fraction of sp³-hybridized carbons (Fsp3) is 0. The van der Waals surface area contributed by atoms with E-state index in [1.807, 2.05) is 12.1 Å². The maximum absolute atomic E-state index is 11.8. The van der Waals surface area contributed by atoms with Gasteiger partial charge in [-0.25, -0.2) is 4.79 Å². The molecule has 3 rings (SSSR count). The van der Waals surface area contributed by atoms with Crippen molar-refractivity contribution in [1.82, 2.24) is 9.55 Å². The lowest BCUT2D eigenvalue weighted by molar-refractivity contribution is -0.131.